The van der Waals surface area contributed by atoms with Crippen molar-refractivity contribution in [2.75, 3.05) is 0 Å². The molecule has 3 aromatic rings. The first-order chi connectivity index (χ1) is 11.3. The molecule has 3 rings (SSSR count). The third-order valence-corrected chi connectivity index (χ3v) is 4.35. The van der Waals surface area contributed by atoms with Gasteiger partial charge in [-0.2, -0.15) is 0 Å². The molecule has 0 saturated carbocycles. The minimum atomic E-state index is 1.03. The first-order valence-corrected chi connectivity index (χ1v) is 8.49. The standard InChI is InChI=1S/C22H15I/c23-22-12-5-4-11-21(22)16-15-20-10-6-9-19(17-20)14-13-18-7-2-1-3-8-18/h1-12,15-17H/b16-15-. The van der Waals surface area contributed by atoms with Crippen LogP contribution in [0.3, 0.4) is 0 Å². The Morgan fingerprint density at radius 3 is 2.17 bits per heavy atom. The average molecular weight is 406 g/mol. The molecule has 0 aromatic heterocycles. The van der Waals surface area contributed by atoms with Gasteiger partial charge >= 0.3 is 0 Å². The molecule has 0 fully saturated rings. The van der Waals surface area contributed by atoms with E-state index in [-0.39, 0.29) is 0 Å². The first-order valence-electron chi connectivity index (χ1n) is 7.41. The van der Waals surface area contributed by atoms with Gasteiger partial charge in [-0.3, -0.25) is 0 Å². The highest BCUT2D eigenvalue weighted by atomic mass is 127. The summed E-state index contributed by atoms with van der Waals surface area (Å²) in [5.41, 5.74) is 4.45. The van der Waals surface area contributed by atoms with Crippen molar-refractivity contribution < 1.29 is 0 Å². The Bertz CT molecular complexity index is 880. The highest BCUT2D eigenvalue weighted by molar-refractivity contribution is 14.1. The van der Waals surface area contributed by atoms with Crippen LogP contribution in [-0.4, -0.2) is 0 Å². The number of hydrogen-bond donors (Lipinski definition) is 0. The lowest BCUT2D eigenvalue weighted by Crippen LogP contribution is -1.80. The van der Waals surface area contributed by atoms with Crippen LogP contribution in [0.1, 0.15) is 22.3 Å². The fraction of sp³-hybridized carbons (Fsp3) is 0. The molecule has 0 radical (unpaired) electrons. The molecule has 0 unspecified atom stereocenters. The van der Waals surface area contributed by atoms with E-state index in [2.05, 4.69) is 83.0 Å². The van der Waals surface area contributed by atoms with E-state index < -0.39 is 0 Å². The smallest absolute Gasteiger partial charge is 0.0254 e. The molecule has 23 heavy (non-hydrogen) atoms. The predicted molar refractivity (Wildman–Crippen MR) is 107 cm³/mol. The third-order valence-electron chi connectivity index (χ3n) is 3.37. The van der Waals surface area contributed by atoms with Crippen molar-refractivity contribution in [1.29, 1.82) is 0 Å². The van der Waals surface area contributed by atoms with Gasteiger partial charge in [0.2, 0.25) is 0 Å². The molecule has 0 saturated heterocycles. The van der Waals surface area contributed by atoms with Crippen LogP contribution in [0, 0.1) is 15.4 Å². The highest BCUT2D eigenvalue weighted by Gasteiger charge is 1.94. The second-order valence-electron chi connectivity index (χ2n) is 5.10. The first kappa shape index (κ1) is 15.6. The Morgan fingerprint density at radius 1 is 0.652 bits per heavy atom. The van der Waals surface area contributed by atoms with Crippen LogP contribution in [0.5, 0.6) is 0 Å². The second kappa shape index (κ2) is 7.80. The Balaban J connectivity index is 1.81. The fourth-order valence-corrected chi connectivity index (χ4v) is 2.75. The van der Waals surface area contributed by atoms with Crippen molar-refractivity contribution in [2.24, 2.45) is 0 Å². The number of rotatable bonds is 2. The largest absolute Gasteiger partial charge is 0.0622 e. The maximum atomic E-state index is 3.23. The van der Waals surface area contributed by atoms with E-state index in [4.69, 9.17) is 0 Å². The van der Waals surface area contributed by atoms with E-state index in [0.717, 1.165) is 16.7 Å². The second-order valence-corrected chi connectivity index (χ2v) is 6.26. The fourth-order valence-electron chi connectivity index (χ4n) is 2.18. The van der Waals surface area contributed by atoms with Crippen LogP contribution in [0.2, 0.25) is 0 Å². The molecular formula is C22H15I. The van der Waals surface area contributed by atoms with Gasteiger partial charge < -0.3 is 0 Å². The summed E-state index contributed by atoms with van der Waals surface area (Å²) >= 11 is 2.36. The van der Waals surface area contributed by atoms with Gasteiger partial charge in [-0.05, 0) is 64.0 Å². The maximum Gasteiger partial charge on any atom is 0.0254 e. The lowest BCUT2D eigenvalue weighted by Gasteiger charge is -1.98. The highest BCUT2D eigenvalue weighted by Crippen LogP contribution is 2.15. The number of hydrogen-bond acceptors (Lipinski definition) is 0. The van der Waals surface area contributed by atoms with Crippen LogP contribution >= 0.6 is 22.6 Å². The van der Waals surface area contributed by atoms with Crippen molar-refractivity contribution in [2.45, 2.75) is 0 Å². The molecule has 1 heteroatoms. The van der Waals surface area contributed by atoms with Crippen LogP contribution < -0.4 is 0 Å². The minimum Gasteiger partial charge on any atom is -0.0622 e. The molecule has 0 bridgehead atoms. The molecule has 110 valence electrons. The summed E-state index contributed by atoms with van der Waals surface area (Å²) in [4.78, 5) is 0. The van der Waals surface area contributed by atoms with E-state index in [9.17, 15) is 0 Å². The molecular weight excluding hydrogens is 391 g/mol. The molecule has 3 aromatic carbocycles. The van der Waals surface area contributed by atoms with Crippen LogP contribution in [0.4, 0.5) is 0 Å². The van der Waals surface area contributed by atoms with Gasteiger partial charge in [0.1, 0.15) is 0 Å². The summed E-state index contributed by atoms with van der Waals surface area (Å²) in [6.45, 7) is 0. The molecule has 0 amide bonds. The number of halogens is 1. The molecule has 0 heterocycles. The van der Waals surface area contributed by atoms with Gasteiger partial charge in [0.25, 0.3) is 0 Å². The van der Waals surface area contributed by atoms with E-state index in [1.807, 2.05) is 42.5 Å². The maximum absolute atomic E-state index is 3.23. The van der Waals surface area contributed by atoms with E-state index in [1.54, 1.807) is 0 Å². The summed E-state index contributed by atoms with van der Waals surface area (Å²) in [6, 6.07) is 26.7. The van der Waals surface area contributed by atoms with E-state index in [0.29, 0.717) is 0 Å². The van der Waals surface area contributed by atoms with Gasteiger partial charge in [0.15, 0.2) is 0 Å². The molecule has 0 atom stereocenters. The Morgan fingerprint density at radius 2 is 1.35 bits per heavy atom. The topological polar surface area (TPSA) is 0 Å². The molecule has 0 N–H and O–H groups in total. The van der Waals surface area contributed by atoms with Gasteiger partial charge in [-0.1, -0.05) is 72.5 Å². The minimum absolute atomic E-state index is 1.03. The molecule has 0 nitrogen and oxygen atoms in total. The normalized spacial score (nSPS) is 10.3. The summed E-state index contributed by atoms with van der Waals surface area (Å²) < 4.78 is 1.25. The lowest BCUT2D eigenvalue weighted by molar-refractivity contribution is 1.58. The van der Waals surface area contributed by atoms with Gasteiger partial charge in [-0.25, -0.2) is 0 Å². The quantitative estimate of drug-likeness (QED) is 0.284. The Labute approximate surface area is 151 Å². The van der Waals surface area contributed by atoms with Crippen molar-refractivity contribution in [3.8, 4) is 11.8 Å². The van der Waals surface area contributed by atoms with E-state index in [1.165, 1.54) is 9.13 Å². The summed E-state index contributed by atoms with van der Waals surface area (Å²) in [7, 11) is 0. The SMILES string of the molecule is Ic1ccccc1/C=C\c1cccc(C#Cc2ccccc2)c1. The van der Waals surface area contributed by atoms with Crippen molar-refractivity contribution in [1.82, 2.24) is 0 Å². The van der Waals surface area contributed by atoms with Crippen molar-refractivity contribution >= 4 is 34.7 Å². The zero-order valence-electron chi connectivity index (χ0n) is 12.5. The van der Waals surface area contributed by atoms with Gasteiger partial charge in [0.05, 0.1) is 0 Å². The van der Waals surface area contributed by atoms with Crippen LogP contribution in [0.25, 0.3) is 12.2 Å². The average Bonchev–Trinajstić information content (AvgIpc) is 2.61. The van der Waals surface area contributed by atoms with Crippen molar-refractivity contribution in [3.63, 3.8) is 0 Å². The molecule has 0 spiro atoms. The lowest BCUT2D eigenvalue weighted by atomic mass is 10.1. The van der Waals surface area contributed by atoms with E-state index >= 15 is 0 Å². The van der Waals surface area contributed by atoms with Crippen LogP contribution in [0.15, 0.2) is 78.9 Å². The zero-order chi connectivity index (χ0) is 15.9. The third kappa shape index (κ3) is 4.58. The Kier molecular flexibility index (Phi) is 5.29. The molecule has 0 aliphatic rings. The van der Waals surface area contributed by atoms with Crippen LogP contribution in [-0.2, 0) is 0 Å². The summed E-state index contributed by atoms with van der Waals surface area (Å²) in [5.74, 6) is 6.42. The molecule has 0 aliphatic heterocycles. The Hall–Kier alpha value is -2.31. The van der Waals surface area contributed by atoms with Gasteiger partial charge in [0, 0.05) is 14.7 Å². The monoisotopic (exact) mass is 406 g/mol. The zero-order valence-corrected chi connectivity index (χ0v) is 14.7. The summed E-state index contributed by atoms with van der Waals surface area (Å²) in [6.07, 6.45) is 4.27. The summed E-state index contributed by atoms with van der Waals surface area (Å²) in [5, 5.41) is 0. The predicted octanol–water partition coefficient (Wildman–Crippen LogP) is 5.86. The van der Waals surface area contributed by atoms with Gasteiger partial charge in [-0.15, -0.1) is 0 Å². The molecule has 0 aliphatic carbocycles. The number of benzene rings is 3. The van der Waals surface area contributed by atoms with Crippen molar-refractivity contribution in [3.05, 3.63) is 105 Å².